The number of fused-ring (bicyclic) bond motifs is 14. The molecule has 6 aliphatic rings. The lowest BCUT2D eigenvalue weighted by molar-refractivity contribution is 0.405. The second-order valence-corrected chi connectivity index (χ2v) is 35.3. The number of nitrogens with zero attached hydrogens (tertiary/aromatic N) is 3. The molecule has 17 rings (SSSR count). The van der Waals surface area contributed by atoms with Crippen LogP contribution in [0.4, 0.5) is 51.2 Å². The number of hydrogen-bond acceptors (Lipinski definition) is 5. The summed E-state index contributed by atoms with van der Waals surface area (Å²) in [7, 11) is -2.93. The van der Waals surface area contributed by atoms with Gasteiger partial charge in [0.2, 0.25) is 0 Å². The monoisotopic (exact) mass is 1190 g/mol. The van der Waals surface area contributed by atoms with Crippen molar-refractivity contribution in [3.05, 3.63) is 269 Å². The maximum Gasteiger partial charge on any atom is 0.264 e. The van der Waals surface area contributed by atoms with Gasteiger partial charge in [0.05, 0.1) is 16.1 Å². The van der Waals surface area contributed by atoms with Gasteiger partial charge in [-0.05, 0) is 160 Å². The number of benzene rings is 10. The predicted octanol–water partition coefficient (Wildman–Crippen LogP) is 17.1. The van der Waals surface area contributed by atoms with Crippen LogP contribution in [0.15, 0.2) is 235 Å². The van der Waals surface area contributed by atoms with Crippen molar-refractivity contribution in [2.75, 3.05) is 14.7 Å². The minimum absolute atomic E-state index is 0.00891. The number of anilines is 9. The van der Waals surface area contributed by atoms with Crippen LogP contribution in [0.3, 0.4) is 0 Å². The molecule has 1 spiro atoms. The first-order valence-electron chi connectivity index (χ1n) is 31.7. The summed E-state index contributed by atoms with van der Waals surface area (Å²) in [5.74, 6) is 0. The predicted molar refractivity (Wildman–Crippen MR) is 380 cm³/mol. The van der Waals surface area contributed by atoms with Gasteiger partial charge in [0, 0.05) is 59.8 Å². The summed E-state index contributed by atoms with van der Waals surface area (Å²) in [6, 6.07) is 90.2. The van der Waals surface area contributed by atoms with Crippen LogP contribution in [0.5, 0.6) is 0 Å². The van der Waals surface area contributed by atoms with Crippen molar-refractivity contribution < 1.29 is 0 Å². The molecule has 7 heteroatoms. The molecule has 11 aromatic rings. The van der Waals surface area contributed by atoms with Crippen molar-refractivity contribution in [2.24, 2.45) is 0 Å². The average molecular weight is 1190 g/mol. The summed E-state index contributed by atoms with van der Waals surface area (Å²) in [5.41, 5.74) is 25.0. The molecule has 0 atom stereocenters. The van der Waals surface area contributed by atoms with E-state index >= 15 is 0 Å². The Balaban J connectivity index is 0.990. The zero-order valence-corrected chi connectivity index (χ0v) is 54.7. The van der Waals surface area contributed by atoms with Crippen molar-refractivity contribution in [3.8, 4) is 11.1 Å². The summed E-state index contributed by atoms with van der Waals surface area (Å²) >= 11 is 4.20. The first kappa shape index (κ1) is 54.1. The van der Waals surface area contributed by atoms with E-state index in [1.165, 1.54) is 136 Å². The lowest BCUT2D eigenvalue weighted by Crippen LogP contribution is -2.77. The molecule has 0 N–H and O–H groups in total. The Morgan fingerprint density at radius 3 is 1.48 bits per heavy atom. The van der Waals surface area contributed by atoms with E-state index in [9.17, 15) is 0 Å². The van der Waals surface area contributed by atoms with Crippen LogP contribution < -0.4 is 51.1 Å². The van der Waals surface area contributed by atoms with Crippen LogP contribution in [0.2, 0.25) is 0 Å². The standard InChI is InChI=1S/C81H72BN3S2Si/c1-77(2,3)52-37-41-54(42-38-52)83-66-48-69-51(49-81(87-69)61-31-19-17-29-59(61)60-30-18-20-32-62(60)81)45-63(66)82-73-67(83)46-56(47-68(73)85(55-43-39-53(40-44-55)78(4,5)6)74-72-75(86-76(74)82)80(9,10)50-79(72,7)8)84-64-33-21-23-35-70(64)88(57-25-13-11-14-26-57,58-27-15-12-16-28-58)71-36-24-22-34-65(71)84/h11-48H,49-50H2,1-10H3. The second kappa shape index (κ2) is 18.7. The maximum atomic E-state index is 2.75. The third-order valence-electron chi connectivity index (χ3n) is 20.7. The van der Waals surface area contributed by atoms with E-state index in [-0.39, 0.29) is 33.1 Å². The Bertz CT molecular complexity index is 4570. The summed E-state index contributed by atoms with van der Waals surface area (Å²) in [4.78, 5) is 11.0. The molecule has 10 aromatic carbocycles. The van der Waals surface area contributed by atoms with Crippen LogP contribution in [0.25, 0.3) is 11.1 Å². The highest BCUT2D eigenvalue weighted by atomic mass is 32.2. The van der Waals surface area contributed by atoms with Gasteiger partial charge >= 0.3 is 0 Å². The molecule has 0 amide bonds. The molecule has 2 aliphatic carbocycles. The highest BCUT2D eigenvalue weighted by molar-refractivity contribution is 8.00. The zero-order valence-electron chi connectivity index (χ0n) is 52.1. The SMILES string of the molecule is CC(C)(C)c1ccc(N2c3cc4c(cc3B3c5sc6c(c5N(c5ccc(C(C)(C)C)cc5)c5cc(N7c8ccccc8[Si](c8ccccc8)(c8ccccc8)c8ccccc87)cc2c53)C(C)(C)CC6(C)C)CC2(S4)c3ccccc3-c3ccccc32)cc1. The molecule has 0 bridgehead atoms. The van der Waals surface area contributed by atoms with E-state index in [1.807, 2.05) is 0 Å². The fourth-order valence-electron chi connectivity index (χ4n) is 17.1. The smallest absolute Gasteiger partial charge is 0.264 e. The van der Waals surface area contributed by atoms with Crippen molar-refractivity contribution in [1.29, 1.82) is 0 Å². The Hall–Kier alpha value is -8.07. The molecule has 0 unspecified atom stereocenters. The number of rotatable bonds is 5. The fraction of sp³-hybridized carbons (Fsp3) is 0.210. The van der Waals surface area contributed by atoms with E-state index in [0.717, 1.165) is 18.5 Å². The largest absolute Gasteiger partial charge is 0.311 e. The normalized spacial score (nSPS) is 17.1. The van der Waals surface area contributed by atoms with Crippen molar-refractivity contribution >= 4 is 126 Å². The van der Waals surface area contributed by atoms with Gasteiger partial charge in [-0.1, -0.05) is 245 Å². The van der Waals surface area contributed by atoms with Gasteiger partial charge in [0.1, 0.15) is 0 Å². The molecule has 4 aliphatic heterocycles. The van der Waals surface area contributed by atoms with Gasteiger partial charge in [-0.2, -0.15) is 11.3 Å². The highest BCUT2D eigenvalue weighted by Crippen LogP contribution is 2.64. The third kappa shape index (κ3) is 7.50. The van der Waals surface area contributed by atoms with Crippen LogP contribution in [0, 0.1) is 0 Å². The van der Waals surface area contributed by atoms with E-state index in [0.29, 0.717) is 0 Å². The zero-order chi connectivity index (χ0) is 60.0. The summed E-state index contributed by atoms with van der Waals surface area (Å²) in [5, 5.41) is 5.56. The van der Waals surface area contributed by atoms with Crippen LogP contribution in [0.1, 0.15) is 114 Å². The molecular formula is C81H72BN3S2Si. The Morgan fingerprint density at radius 1 is 0.455 bits per heavy atom. The lowest BCUT2D eigenvalue weighted by atomic mass is 9.36. The number of thioether (sulfide) groups is 1. The molecule has 3 nitrogen and oxygen atoms in total. The number of hydrogen-bond donors (Lipinski definition) is 0. The van der Waals surface area contributed by atoms with Gasteiger partial charge in [0.15, 0.2) is 8.07 Å². The van der Waals surface area contributed by atoms with Gasteiger partial charge in [-0.25, -0.2) is 0 Å². The quantitative estimate of drug-likeness (QED) is 0.159. The van der Waals surface area contributed by atoms with Crippen LogP contribution in [-0.4, -0.2) is 14.8 Å². The second-order valence-electron chi connectivity index (χ2n) is 29.1. The first-order valence-corrected chi connectivity index (χ1v) is 35.3. The Labute approximate surface area is 529 Å². The molecule has 0 saturated heterocycles. The van der Waals surface area contributed by atoms with Gasteiger partial charge < -0.3 is 14.7 Å². The number of thiophene rings is 1. The topological polar surface area (TPSA) is 9.72 Å². The molecule has 88 heavy (non-hydrogen) atoms. The van der Waals surface area contributed by atoms with Crippen LogP contribution >= 0.6 is 23.1 Å². The van der Waals surface area contributed by atoms with E-state index in [4.69, 9.17) is 0 Å². The van der Waals surface area contributed by atoms with Crippen LogP contribution in [-0.2, 0) is 32.8 Å². The highest BCUT2D eigenvalue weighted by Gasteiger charge is 2.56. The van der Waals surface area contributed by atoms with Gasteiger partial charge in [-0.3, -0.25) is 0 Å². The van der Waals surface area contributed by atoms with E-state index in [1.54, 1.807) is 0 Å². The maximum absolute atomic E-state index is 2.93. The summed E-state index contributed by atoms with van der Waals surface area (Å²) in [6.45, 7) is 24.1. The van der Waals surface area contributed by atoms with Gasteiger partial charge in [-0.15, -0.1) is 11.8 Å². The van der Waals surface area contributed by atoms with Gasteiger partial charge in [0.25, 0.3) is 6.71 Å². The summed E-state index contributed by atoms with van der Waals surface area (Å²) < 4.78 is 1.23. The van der Waals surface area contributed by atoms with Crippen molar-refractivity contribution in [3.63, 3.8) is 0 Å². The summed E-state index contributed by atoms with van der Waals surface area (Å²) in [6.07, 6.45) is 2.03. The third-order valence-corrected chi connectivity index (χ3v) is 28.7. The molecule has 1 aromatic heterocycles. The molecule has 5 heterocycles. The molecule has 0 radical (unpaired) electrons. The first-order chi connectivity index (χ1) is 42.4. The molecule has 0 saturated carbocycles. The molecule has 430 valence electrons. The molecular weight excluding hydrogens is 1120 g/mol. The van der Waals surface area contributed by atoms with Crippen molar-refractivity contribution in [1.82, 2.24) is 0 Å². The minimum atomic E-state index is -2.93. The lowest BCUT2D eigenvalue weighted by Gasteiger charge is -2.47. The average Bonchev–Trinajstić information content (AvgIpc) is 1.14. The Morgan fingerprint density at radius 2 is 0.932 bits per heavy atom. The minimum Gasteiger partial charge on any atom is -0.311 e. The van der Waals surface area contributed by atoms with E-state index < -0.39 is 8.07 Å². The Kier molecular flexibility index (Phi) is 11.5. The number of para-hydroxylation sites is 2. The van der Waals surface area contributed by atoms with Crippen molar-refractivity contribution in [2.45, 2.75) is 113 Å². The fourth-order valence-corrected chi connectivity index (χ4v) is 25.6. The molecule has 0 fully saturated rings. The van der Waals surface area contributed by atoms with E-state index in [2.05, 4.69) is 338 Å².